The summed E-state index contributed by atoms with van der Waals surface area (Å²) < 4.78 is 6.66. The number of nitrogens with zero attached hydrogens (tertiary/aromatic N) is 6. The average molecular weight is 448 g/mol. The Morgan fingerprint density at radius 3 is 2.76 bits per heavy atom. The molecule has 1 atom stereocenters. The maximum atomic E-state index is 13.5. The van der Waals surface area contributed by atoms with Crippen LogP contribution in [0.2, 0.25) is 0 Å². The third-order valence-corrected chi connectivity index (χ3v) is 6.00. The molecule has 1 aliphatic rings. The molecule has 0 saturated carbocycles. The molecule has 0 radical (unpaired) electrons. The Balaban J connectivity index is 1.80. The van der Waals surface area contributed by atoms with Gasteiger partial charge >= 0.3 is 0 Å². The number of rotatable bonds is 5. The number of anilines is 1. The molecule has 1 fully saturated rings. The normalized spacial score (nSPS) is 16.1. The molecule has 1 amide bonds. The van der Waals surface area contributed by atoms with Crippen molar-refractivity contribution < 1.29 is 14.5 Å². The van der Waals surface area contributed by atoms with E-state index in [2.05, 4.69) is 15.3 Å². The van der Waals surface area contributed by atoms with Gasteiger partial charge in [0.25, 0.3) is 5.91 Å². The van der Waals surface area contributed by atoms with E-state index in [1.165, 1.54) is 0 Å². The van der Waals surface area contributed by atoms with Crippen molar-refractivity contribution in [2.24, 2.45) is 5.73 Å². The number of fused-ring (bicyclic) bond motifs is 1. The van der Waals surface area contributed by atoms with E-state index < -0.39 is 0 Å². The summed E-state index contributed by atoms with van der Waals surface area (Å²) in [5, 5.41) is 17.5. The van der Waals surface area contributed by atoms with Crippen molar-refractivity contribution in [3.05, 3.63) is 41.6 Å². The molecule has 1 saturated heterocycles. The predicted octanol–water partition coefficient (Wildman–Crippen LogP) is 1.42. The van der Waals surface area contributed by atoms with E-state index in [1.807, 2.05) is 35.8 Å². The Kier molecular flexibility index (Phi) is 5.27. The molecule has 11 heteroatoms. The molecule has 33 heavy (non-hydrogen) atoms. The van der Waals surface area contributed by atoms with Crippen LogP contribution in [0.3, 0.4) is 0 Å². The molecule has 0 aliphatic carbocycles. The van der Waals surface area contributed by atoms with Gasteiger partial charge in [-0.2, -0.15) is 0 Å². The average Bonchev–Trinajstić information content (AvgIpc) is 3.55. The number of nitrogen functional groups attached to an aromatic ring is 1. The second-order valence-corrected chi connectivity index (χ2v) is 8.01. The Morgan fingerprint density at radius 1 is 1.27 bits per heavy atom. The molecular weight excluding hydrogens is 424 g/mol. The number of likely N-dealkylation sites (tertiary alicyclic amines) is 1. The number of aliphatic hydroxyl groups is 1. The van der Waals surface area contributed by atoms with Crippen molar-refractivity contribution in [2.45, 2.75) is 32.5 Å². The van der Waals surface area contributed by atoms with Crippen molar-refractivity contribution >= 4 is 22.8 Å². The number of hydrogen-bond acceptors (Lipinski definition) is 9. The lowest BCUT2D eigenvalue weighted by Gasteiger charge is -2.18. The van der Waals surface area contributed by atoms with Crippen molar-refractivity contribution in [3.8, 4) is 22.8 Å². The second-order valence-electron chi connectivity index (χ2n) is 8.01. The summed E-state index contributed by atoms with van der Waals surface area (Å²) in [7, 11) is 0. The van der Waals surface area contributed by atoms with E-state index in [9.17, 15) is 9.90 Å². The van der Waals surface area contributed by atoms with Crippen molar-refractivity contribution in [1.29, 1.82) is 0 Å². The van der Waals surface area contributed by atoms with E-state index in [1.54, 1.807) is 11.1 Å². The van der Waals surface area contributed by atoms with Gasteiger partial charge in [0.05, 0.1) is 23.4 Å². The summed E-state index contributed by atoms with van der Waals surface area (Å²) in [4.78, 5) is 24.7. The number of aryl methyl sites for hydroxylation is 1. The molecule has 5 N–H and O–H groups in total. The zero-order valence-corrected chi connectivity index (χ0v) is 18.1. The zero-order valence-electron chi connectivity index (χ0n) is 18.1. The highest BCUT2D eigenvalue weighted by Crippen LogP contribution is 2.35. The van der Waals surface area contributed by atoms with Gasteiger partial charge in [0.1, 0.15) is 5.52 Å². The summed E-state index contributed by atoms with van der Waals surface area (Å²) in [5.41, 5.74) is 15.8. The number of benzene rings is 1. The highest BCUT2D eigenvalue weighted by Gasteiger charge is 2.30. The number of pyridine rings is 1. The highest BCUT2D eigenvalue weighted by molar-refractivity contribution is 6.08. The smallest absolute Gasteiger partial charge is 0.257 e. The Labute approximate surface area is 189 Å². The van der Waals surface area contributed by atoms with E-state index >= 15 is 0 Å². The first-order valence-corrected chi connectivity index (χ1v) is 10.7. The molecular formula is C22H24N8O3. The van der Waals surface area contributed by atoms with Gasteiger partial charge in [-0.15, -0.1) is 0 Å². The van der Waals surface area contributed by atoms with Crippen LogP contribution in [0, 0.1) is 0 Å². The van der Waals surface area contributed by atoms with Crippen LogP contribution >= 0.6 is 0 Å². The van der Waals surface area contributed by atoms with Gasteiger partial charge in [0, 0.05) is 37.4 Å². The van der Waals surface area contributed by atoms with Crippen LogP contribution in [-0.2, 0) is 13.2 Å². The topological polar surface area (TPSA) is 162 Å². The zero-order chi connectivity index (χ0) is 23.1. The molecule has 1 aromatic carbocycles. The van der Waals surface area contributed by atoms with Crippen LogP contribution in [0.4, 0.5) is 5.82 Å². The molecule has 1 unspecified atom stereocenters. The van der Waals surface area contributed by atoms with Crippen LogP contribution in [0.1, 0.15) is 29.3 Å². The number of hydrogen-bond donors (Lipinski definition) is 3. The van der Waals surface area contributed by atoms with E-state index in [4.69, 9.17) is 21.1 Å². The number of aliphatic hydroxyl groups excluding tert-OH is 1. The lowest BCUT2D eigenvalue weighted by atomic mass is 10.0. The number of carbonyl (C=O) groups is 1. The molecule has 0 spiro atoms. The van der Waals surface area contributed by atoms with Crippen molar-refractivity contribution in [1.82, 2.24) is 29.7 Å². The molecule has 1 aliphatic heterocycles. The summed E-state index contributed by atoms with van der Waals surface area (Å²) in [5.74, 6) is 0.368. The molecule has 170 valence electrons. The quantitative estimate of drug-likeness (QED) is 0.410. The Hall–Kier alpha value is -3.83. The largest absolute Gasteiger partial charge is 0.392 e. The molecule has 11 nitrogen and oxygen atoms in total. The van der Waals surface area contributed by atoms with Gasteiger partial charge in [-0.05, 0) is 29.2 Å². The van der Waals surface area contributed by atoms with E-state index in [0.29, 0.717) is 53.3 Å². The lowest BCUT2D eigenvalue weighted by molar-refractivity contribution is 0.0792. The van der Waals surface area contributed by atoms with Crippen LogP contribution in [0.25, 0.3) is 33.8 Å². The van der Waals surface area contributed by atoms with Gasteiger partial charge < -0.3 is 26.0 Å². The fourth-order valence-corrected chi connectivity index (χ4v) is 4.37. The monoisotopic (exact) mass is 448 g/mol. The third kappa shape index (κ3) is 3.41. The maximum Gasteiger partial charge on any atom is 0.257 e. The van der Waals surface area contributed by atoms with E-state index in [-0.39, 0.29) is 30.1 Å². The number of amides is 1. The van der Waals surface area contributed by atoms with Crippen LogP contribution in [-0.4, -0.2) is 59.9 Å². The Morgan fingerprint density at radius 2 is 2.09 bits per heavy atom. The minimum absolute atomic E-state index is 0.0410. The van der Waals surface area contributed by atoms with Crippen LogP contribution in [0.5, 0.6) is 0 Å². The Bertz CT molecular complexity index is 1340. The number of imidazole rings is 1. The van der Waals surface area contributed by atoms with Gasteiger partial charge in [0.15, 0.2) is 17.3 Å². The molecule has 4 heterocycles. The summed E-state index contributed by atoms with van der Waals surface area (Å²) in [6.45, 7) is 3.35. The highest BCUT2D eigenvalue weighted by atomic mass is 16.6. The van der Waals surface area contributed by atoms with Gasteiger partial charge in [-0.3, -0.25) is 9.78 Å². The first-order valence-electron chi connectivity index (χ1n) is 10.7. The number of aromatic nitrogens is 5. The SMILES string of the molecule is CCn1c(-c2nonc2N)nc2c(-c3ccccc3CO)ncc(C(=O)N3CCC(N)C3)c21. The van der Waals surface area contributed by atoms with Gasteiger partial charge in [-0.1, -0.05) is 24.3 Å². The second kappa shape index (κ2) is 8.26. The van der Waals surface area contributed by atoms with Crippen molar-refractivity contribution in [3.63, 3.8) is 0 Å². The van der Waals surface area contributed by atoms with Crippen molar-refractivity contribution in [2.75, 3.05) is 18.8 Å². The summed E-state index contributed by atoms with van der Waals surface area (Å²) in [6.07, 6.45) is 2.32. The van der Waals surface area contributed by atoms with Gasteiger partial charge in [-0.25, -0.2) is 9.61 Å². The van der Waals surface area contributed by atoms with E-state index in [0.717, 1.165) is 12.0 Å². The molecule has 0 bridgehead atoms. The minimum Gasteiger partial charge on any atom is -0.392 e. The number of nitrogens with two attached hydrogens (primary N) is 2. The first kappa shape index (κ1) is 21.0. The van der Waals surface area contributed by atoms with Crippen LogP contribution in [0.15, 0.2) is 35.1 Å². The number of carbonyl (C=O) groups excluding carboxylic acids is 1. The maximum absolute atomic E-state index is 13.5. The fourth-order valence-electron chi connectivity index (χ4n) is 4.37. The molecule has 3 aromatic heterocycles. The standard InChI is InChI=1S/C22H24N8O3/c1-2-30-19-15(22(32)29-8-7-13(23)10-29)9-25-16(14-6-4-3-5-12(14)11-31)17(19)26-21(30)18-20(24)28-33-27-18/h3-6,9,13,31H,2,7-8,10-11,23H2,1H3,(H2,24,28). The summed E-state index contributed by atoms with van der Waals surface area (Å²) >= 11 is 0. The van der Waals surface area contributed by atoms with Crippen LogP contribution < -0.4 is 11.5 Å². The first-order chi connectivity index (χ1) is 16.0. The fraction of sp³-hybridized carbons (Fsp3) is 0.318. The van der Waals surface area contributed by atoms with Gasteiger partial charge in [0.2, 0.25) is 0 Å². The molecule has 5 rings (SSSR count). The predicted molar refractivity (Wildman–Crippen MR) is 121 cm³/mol. The minimum atomic E-state index is -0.160. The third-order valence-electron chi connectivity index (χ3n) is 6.00. The summed E-state index contributed by atoms with van der Waals surface area (Å²) in [6, 6.07) is 7.36. The lowest BCUT2D eigenvalue weighted by Crippen LogP contribution is -2.32. The molecule has 4 aromatic rings.